The number of benzene rings is 1. The third kappa shape index (κ3) is 3.08. The molecule has 1 fully saturated rings. The van der Waals surface area contributed by atoms with Gasteiger partial charge in [-0.15, -0.1) is 0 Å². The molecule has 1 aromatic rings. The van der Waals surface area contributed by atoms with E-state index in [9.17, 15) is 9.59 Å². The summed E-state index contributed by atoms with van der Waals surface area (Å²) >= 11 is 0. The Balaban J connectivity index is 1.60. The molecule has 0 bridgehead atoms. The minimum Gasteiger partial charge on any atom is -0.454 e. The fourth-order valence-corrected chi connectivity index (χ4v) is 2.86. The lowest BCUT2D eigenvalue weighted by Gasteiger charge is -2.29. The number of nitrogens with zero attached hydrogens (tertiary/aromatic N) is 1. The van der Waals surface area contributed by atoms with Crippen molar-refractivity contribution in [2.24, 2.45) is 0 Å². The molecule has 0 radical (unpaired) electrons. The lowest BCUT2D eigenvalue weighted by atomic mass is 10.0. The number of hydrogen-bond donors (Lipinski definition) is 0. The van der Waals surface area contributed by atoms with Crippen LogP contribution >= 0.6 is 0 Å². The van der Waals surface area contributed by atoms with Crippen molar-refractivity contribution in [3.63, 3.8) is 0 Å². The number of carbonyl (C=O) groups excluding carboxylic acids is 2. The van der Waals surface area contributed by atoms with E-state index >= 15 is 0 Å². The molecular weight excluding hydrogens is 270 g/mol. The molecule has 2 aliphatic heterocycles. The Morgan fingerprint density at radius 3 is 2.95 bits per heavy atom. The number of anilines is 1. The van der Waals surface area contributed by atoms with Crippen molar-refractivity contribution in [1.29, 1.82) is 0 Å². The molecule has 1 unspecified atom stereocenters. The predicted molar refractivity (Wildman–Crippen MR) is 77.0 cm³/mol. The molecule has 112 valence electrons. The van der Waals surface area contributed by atoms with Gasteiger partial charge in [0.05, 0.1) is 0 Å². The van der Waals surface area contributed by atoms with E-state index in [2.05, 4.69) is 0 Å². The van der Waals surface area contributed by atoms with Crippen LogP contribution < -0.4 is 4.90 Å². The number of ether oxygens (including phenoxy) is 2. The maximum absolute atomic E-state index is 12.3. The second-order valence-corrected chi connectivity index (χ2v) is 5.39. The Kier molecular flexibility index (Phi) is 4.20. The number of amides is 1. The van der Waals surface area contributed by atoms with Crippen LogP contribution in [0.4, 0.5) is 5.69 Å². The standard InChI is InChI=1S/C16H19NO4/c18-15(11-21-16(19)14-8-4-10-20-14)17-9-3-6-12-5-1-2-7-13(12)17/h1-2,5,7,14H,3-4,6,8-11H2. The number of carbonyl (C=O) groups is 2. The third-order valence-electron chi connectivity index (χ3n) is 3.94. The number of fused-ring (bicyclic) bond motifs is 1. The zero-order valence-corrected chi connectivity index (χ0v) is 11.9. The number of esters is 1. The van der Waals surface area contributed by atoms with Crippen molar-refractivity contribution in [3.05, 3.63) is 29.8 Å². The van der Waals surface area contributed by atoms with Gasteiger partial charge < -0.3 is 14.4 Å². The molecule has 3 rings (SSSR count). The quantitative estimate of drug-likeness (QED) is 0.795. The van der Waals surface area contributed by atoms with Gasteiger partial charge in [-0.25, -0.2) is 4.79 Å². The van der Waals surface area contributed by atoms with E-state index in [1.807, 2.05) is 24.3 Å². The minimum atomic E-state index is -0.494. The normalized spacial score (nSPS) is 21.0. The smallest absolute Gasteiger partial charge is 0.335 e. The largest absolute Gasteiger partial charge is 0.454 e. The van der Waals surface area contributed by atoms with Crippen LogP contribution in [-0.2, 0) is 25.5 Å². The van der Waals surface area contributed by atoms with Gasteiger partial charge >= 0.3 is 5.97 Å². The Hall–Kier alpha value is -1.88. The van der Waals surface area contributed by atoms with Crippen molar-refractivity contribution in [2.45, 2.75) is 31.8 Å². The summed E-state index contributed by atoms with van der Waals surface area (Å²) in [6, 6.07) is 7.87. The van der Waals surface area contributed by atoms with E-state index in [0.29, 0.717) is 19.6 Å². The summed E-state index contributed by atoms with van der Waals surface area (Å²) in [5.41, 5.74) is 2.10. The number of aryl methyl sites for hydroxylation is 1. The fraction of sp³-hybridized carbons (Fsp3) is 0.500. The van der Waals surface area contributed by atoms with E-state index in [1.54, 1.807) is 4.90 Å². The zero-order chi connectivity index (χ0) is 14.7. The average Bonchev–Trinajstić information content (AvgIpc) is 3.06. The highest BCUT2D eigenvalue weighted by Crippen LogP contribution is 2.26. The number of para-hydroxylation sites is 1. The van der Waals surface area contributed by atoms with Gasteiger partial charge in [0.25, 0.3) is 5.91 Å². The summed E-state index contributed by atoms with van der Waals surface area (Å²) in [6.07, 6.45) is 2.97. The molecule has 0 aromatic heterocycles. The van der Waals surface area contributed by atoms with Crippen molar-refractivity contribution in [1.82, 2.24) is 0 Å². The first-order chi connectivity index (χ1) is 10.3. The van der Waals surface area contributed by atoms with Gasteiger partial charge in [0, 0.05) is 18.8 Å². The predicted octanol–water partition coefficient (Wildman–Crippen LogP) is 1.69. The first kappa shape index (κ1) is 14.1. The van der Waals surface area contributed by atoms with Crippen LogP contribution in [0.25, 0.3) is 0 Å². The van der Waals surface area contributed by atoms with Crippen LogP contribution in [0.2, 0.25) is 0 Å². The molecule has 2 aliphatic rings. The van der Waals surface area contributed by atoms with Crippen LogP contribution in [0.15, 0.2) is 24.3 Å². The summed E-state index contributed by atoms with van der Waals surface area (Å²) < 4.78 is 10.4. The molecule has 21 heavy (non-hydrogen) atoms. The summed E-state index contributed by atoms with van der Waals surface area (Å²) in [5, 5.41) is 0. The second-order valence-electron chi connectivity index (χ2n) is 5.39. The van der Waals surface area contributed by atoms with E-state index in [0.717, 1.165) is 24.9 Å². The van der Waals surface area contributed by atoms with Gasteiger partial charge in [-0.1, -0.05) is 18.2 Å². The molecule has 1 saturated heterocycles. The summed E-state index contributed by atoms with van der Waals surface area (Å²) in [4.78, 5) is 25.8. The Morgan fingerprint density at radius 2 is 2.14 bits per heavy atom. The maximum atomic E-state index is 12.3. The average molecular weight is 289 g/mol. The Labute approximate surface area is 123 Å². The molecule has 5 heteroatoms. The lowest BCUT2D eigenvalue weighted by molar-refractivity contribution is -0.157. The zero-order valence-electron chi connectivity index (χ0n) is 11.9. The minimum absolute atomic E-state index is 0.173. The summed E-state index contributed by atoms with van der Waals surface area (Å²) in [6.45, 7) is 1.05. The van der Waals surface area contributed by atoms with Gasteiger partial charge in [0.1, 0.15) is 0 Å². The second kappa shape index (κ2) is 6.26. The van der Waals surface area contributed by atoms with Crippen LogP contribution in [0.3, 0.4) is 0 Å². The Bertz CT molecular complexity index is 537. The van der Waals surface area contributed by atoms with Crippen LogP contribution in [-0.4, -0.2) is 37.7 Å². The lowest BCUT2D eigenvalue weighted by Crippen LogP contribution is -2.39. The molecular formula is C16H19NO4. The highest BCUT2D eigenvalue weighted by atomic mass is 16.6. The van der Waals surface area contributed by atoms with Crippen molar-refractivity contribution in [3.8, 4) is 0 Å². The van der Waals surface area contributed by atoms with Gasteiger partial charge in [-0.3, -0.25) is 4.79 Å². The van der Waals surface area contributed by atoms with Crippen LogP contribution in [0.5, 0.6) is 0 Å². The molecule has 0 saturated carbocycles. The van der Waals surface area contributed by atoms with Gasteiger partial charge in [-0.05, 0) is 37.3 Å². The van der Waals surface area contributed by atoms with Gasteiger partial charge in [0.2, 0.25) is 0 Å². The molecule has 1 aromatic carbocycles. The molecule has 2 heterocycles. The van der Waals surface area contributed by atoms with Crippen molar-refractivity contribution < 1.29 is 19.1 Å². The summed E-state index contributed by atoms with van der Waals surface area (Å²) in [5.74, 6) is -0.598. The summed E-state index contributed by atoms with van der Waals surface area (Å²) in [7, 11) is 0. The number of rotatable bonds is 3. The molecule has 1 amide bonds. The molecule has 0 spiro atoms. The van der Waals surface area contributed by atoms with Gasteiger partial charge in [-0.2, -0.15) is 0 Å². The van der Waals surface area contributed by atoms with E-state index < -0.39 is 12.1 Å². The van der Waals surface area contributed by atoms with Gasteiger partial charge in [0.15, 0.2) is 12.7 Å². The molecule has 1 atom stereocenters. The topological polar surface area (TPSA) is 55.8 Å². The van der Waals surface area contributed by atoms with E-state index in [1.165, 1.54) is 5.56 Å². The maximum Gasteiger partial charge on any atom is 0.335 e. The van der Waals surface area contributed by atoms with Crippen molar-refractivity contribution >= 4 is 17.6 Å². The SMILES string of the molecule is O=C(OCC(=O)N1CCCc2ccccc21)C1CCCO1. The number of hydrogen-bond acceptors (Lipinski definition) is 4. The third-order valence-corrected chi connectivity index (χ3v) is 3.94. The van der Waals surface area contributed by atoms with E-state index in [4.69, 9.17) is 9.47 Å². The Morgan fingerprint density at radius 1 is 1.29 bits per heavy atom. The molecule has 0 aliphatic carbocycles. The van der Waals surface area contributed by atoms with Crippen LogP contribution in [0, 0.1) is 0 Å². The highest BCUT2D eigenvalue weighted by Gasteiger charge is 2.27. The molecule has 0 N–H and O–H groups in total. The highest BCUT2D eigenvalue weighted by molar-refractivity contribution is 5.96. The fourth-order valence-electron chi connectivity index (χ4n) is 2.86. The first-order valence-corrected chi connectivity index (χ1v) is 7.42. The molecule has 5 nitrogen and oxygen atoms in total. The van der Waals surface area contributed by atoms with E-state index in [-0.39, 0.29) is 12.5 Å². The first-order valence-electron chi connectivity index (χ1n) is 7.42. The van der Waals surface area contributed by atoms with Crippen LogP contribution in [0.1, 0.15) is 24.8 Å². The van der Waals surface area contributed by atoms with Crippen molar-refractivity contribution in [2.75, 3.05) is 24.7 Å². The monoisotopic (exact) mass is 289 g/mol.